The fourth-order valence-corrected chi connectivity index (χ4v) is 2.10. The first kappa shape index (κ1) is 15.9. The molecule has 5 heteroatoms. The van der Waals surface area contributed by atoms with Crippen LogP contribution in [-0.2, 0) is 11.3 Å². The SMILES string of the molecule is Nc1ccc(OCCN(CC(=O)O)Cc2ccccc2)cc1. The van der Waals surface area contributed by atoms with Crippen LogP contribution in [-0.4, -0.2) is 35.7 Å². The second kappa shape index (κ2) is 8.05. The fraction of sp³-hybridized carbons (Fsp3) is 0.235. The maximum Gasteiger partial charge on any atom is 0.317 e. The molecule has 0 fully saturated rings. The lowest BCUT2D eigenvalue weighted by Gasteiger charge is -2.20. The molecule has 0 aliphatic rings. The number of nitrogens with two attached hydrogens (primary N) is 1. The minimum Gasteiger partial charge on any atom is -0.492 e. The first-order valence-electron chi connectivity index (χ1n) is 7.10. The Morgan fingerprint density at radius 3 is 2.41 bits per heavy atom. The van der Waals surface area contributed by atoms with Crippen LogP contribution in [0.25, 0.3) is 0 Å². The monoisotopic (exact) mass is 300 g/mol. The van der Waals surface area contributed by atoms with E-state index in [0.29, 0.717) is 25.4 Å². The van der Waals surface area contributed by atoms with Crippen LogP contribution in [0.2, 0.25) is 0 Å². The number of nitrogens with zero attached hydrogens (tertiary/aromatic N) is 1. The minimum atomic E-state index is -0.844. The Hall–Kier alpha value is -2.53. The summed E-state index contributed by atoms with van der Waals surface area (Å²) in [7, 11) is 0. The zero-order valence-electron chi connectivity index (χ0n) is 12.3. The Kier molecular flexibility index (Phi) is 5.80. The van der Waals surface area contributed by atoms with E-state index >= 15 is 0 Å². The molecule has 0 amide bonds. The first-order valence-corrected chi connectivity index (χ1v) is 7.10. The van der Waals surface area contributed by atoms with Crippen molar-refractivity contribution in [1.29, 1.82) is 0 Å². The van der Waals surface area contributed by atoms with E-state index in [2.05, 4.69) is 0 Å². The van der Waals surface area contributed by atoms with Gasteiger partial charge in [0.25, 0.3) is 0 Å². The van der Waals surface area contributed by atoms with Gasteiger partial charge in [0, 0.05) is 18.8 Å². The summed E-state index contributed by atoms with van der Waals surface area (Å²) in [6.07, 6.45) is 0. The Labute approximate surface area is 129 Å². The molecule has 0 atom stereocenters. The zero-order chi connectivity index (χ0) is 15.8. The number of rotatable bonds is 8. The largest absolute Gasteiger partial charge is 0.492 e. The molecule has 0 aliphatic carbocycles. The van der Waals surface area contributed by atoms with Gasteiger partial charge in [-0.25, -0.2) is 0 Å². The molecule has 0 aliphatic heterocycles. The van der Waals surface area contributed by atoms with E-state index in [9.17, 15) is 4.79 Å². The maximum absolute atomic E-state index is 11.0. The summed E-state index contributed by atoms with van der Waals surface area (Å²) in [5.74, 6) is -0.118. The summed E-state index contributed by atoms with van der Waals surface area (Å²) >= 11 is 0. The standard InChI is InChI=1S/C17H20N2O3/c18-15-6-8-16(9-7-15)22-11-10-19(13-17(20)21)12-14-4-2-1-3-5-14/h1-9H,10-13,18H2,(H,20,21). The quantitative estimate of drug-likeness (QED) is 0.731. The third-order valence-electron chi connectivity index (χ3n) is 3.16. The molecule has 0 saturated carbocycles. The summed E-state index contributed by atoms with van der Waals surface area (Å²) in [6, 6.07) is 16.9. The highest BCUT2D eigenvalue weighted by Gasteiger charge is 2.10. The van der Waals surface area contributed by atoms with E-state index in [1.54, 1.807) is 24.3 Å². The second-order valence-corrected chi connectivity index (χ2v) is 5.01. The molecule has 116 valence electrons. The van der Waals surface area contributed by atoms with Crippen molar-refractivity contribution in [2.75, 3.05) is 25.4 Å². The molecule has 0 unspecified atom stereocenters. The van der Waals surface area contributed by atoms with E-state index < -0.39 is 5.97 Å². The minimum absolute atomic E-state index is 0.0139. The molecule has 0 radical (unpaired) electrons. The van der Waals surface area contributed by atoms with Crippen LogP contribution in [0.5, 0.6) is 5.75 Å². The number of hydrogen-bond acceptors (Lipinski definition) is 4. The van der Waals surface area contributed by atoms with Gasteiger partial charge in [0.1, 0.15) is 12.4 Å². The predicted octanol–water partition coefficient (Wildman–Crippen LogP) is 2.23. The van der Waals surface area contributed by atoms with E-state index in [-0.39, 0.29) is 6.54 Å². The first-order chi connectivity index (χ1) is 10.6. The van der Waals surface area contributed by atoms with Crippen LogP contribution in [0.15, 0.2) is 54.6 Å². The van der Waals surface area contributed by atoms with Gasteiger partial charge >= 0.3 is 5.97 Å². The smallest absolute Gasteiger partial charge is 0.317 e. The van der Waals surface area contributed by atoms with Crippen molar-refractivity contribution in [2.45, 2.75) is 6.54 Å². The van der Waals surface area contributed by atoms with Gasteiger partial charge in [0.2, 0.25) is 0 Å². The number of nitrogen functional groups attached to an aromatic ring is 1. The highest BCUT2D eigenvalue weighted by atomic mass is 16.5. The van der Waals surface area contributed by atoms with Crippen molar-refractivity contribution in [3.63, 3.8) is 0 Å². The average molecular weight is 300 g/mol. The van der Waals surface area contributed by atoms with Crippen molar-refractivity contribution >= 4 is 11.7 Å². The third kappa shape index (κ3) is 5.46. The van der Waals surface area contributed by atoms with Crippen LogP contribution in [0.3, 0.4) is 0 Å². The van der Waals surface area contributed by atoms with Crippen LogP contribution >= 0.6 is 0 Å². The summed E-state index contributed by atoms with van der Waals surface area (Å²) in [6.45, 7) is 1.52. The van der Waals surface area contributed by atoms with Crippen LogP contribution in [0, 0.1) is 0 Å². The number of aliphatic carboxylic acids is 1. The molecular weight excluding hydrogens is 280 g/mol. The Bertz CT molecular complexity index is 585. The van der Waals surface area contributed by atoms with Gasteiger partial charge in [-0.2, -0.15) is 0 Å². The van der Waals surface area contributed by atoms with E-state index in [1.165, 1.54) is 0 Å². The van der Waals surface area contributed by atoms with Crippen molar-refractivity contribution < 1.29 is 14.6 Å². The van der Waals surface area contributed by atoms with Crippen LogP contribution < -0.4 is 10.5 Å². The lowest BCUT2D eigenvalue weighted by molar-refractivity contribution is -0.138. The number of anilines is 1. The third-order valence-corrected chi connectivity index (χ3v) is 3.16. The van der Waals surface area contributed by atoms with Crippen molar-refractivity contribution in [1.82, 2.24) is 4.90 Å². The summed E-state index contributed by atoms with van der Waals surface area (Å²) < 4.78 is 5.62. The van der Waals surface area contributed by atoms with Gasteiger partial charge in [-0.1, -0.05) is 30.3 Å². The zero-order valence-corrected chi connectivity index (χ0v) is 12.3. The van der Waals surface area contributed by atoms with Crippen LogP contribution in [0.1, 0.15) is 5.56 Å². The highest BCUT2D eigenvalue weighted by Crippen LogP contribution is 2.13. The molecule has 22 heavy (non-hydrogen) atoms. The molecule has 0 aromatic heterocycles. The molecule has 0 bridgehead atoms. The fourth-order valence-electron chi connectivity index (χ4n) is 2.10. The van der Waals surface area contributed by atoms with Crippen molar-refractivity contribution in [3.05, 3.63) is 60.2 Å². The number of hydrogen-bond donors (Lipinski definition) is 2. The maximum atomic E-state index is 11.0. The predicted molar refractivity (Wildman–Crippen MR) is 85.7 cm³/mol. The number of benzene rings is 2. The molecule has 0 spiro atoms. The molecular formula is C17H20N2O3. The summed E-state index contributed by atoms with van der Waals surface area (Å²) in [5.41, 5.74) is 7.38. The molecule has 0 heterocycles. The molecule has 2 aromatic rings. The molecule has 5 nitrogen and oxygen atoms in total. The van der Waals surface area contributed by atoms with Gasteiger partial charge in [-0.15, -0.1) is 0 Å². The van der Waals surface area contributed by atoms with Crippen LogP contribution in [0.4, 0.5) is 5.69 Å². The normalized spacial score (nSPS) is 10.6. The highest BCUT2D eigenvalue weighted by molar-refractivity contribution is 5.69. The van der Waals surface area contributed by atoms with Gasteiger partial charge in [0.15, 0.2) is 0 Å². The number of carbonyl (C=O) groups is 1. The van der Waals surface area contributed by atoms with Crippen molar-refractivity contribution in [2.24, 2.45) is 0 Å². The lowest BCUT2D eigenvalue weighted by Crippen LogP contribution is -2.33. The topological polar surface area (TPSA) is 75.8 Å². The number of carboxylic acids is 1. The second-order valence-electron chi connectivity index (χ2n) is 5.01. The lowest BCUT2D eigenvalue weighted by atomic mass is 10.2. The Balaban J connectivity index is 1.86. The van der Waals surface area contributed by atoms with Gasteiger partial charge in [-0.3, -0.25) is 9.69 Å². The average Bonchev–Trinajstić information content (AvgIpc) is 2.49. The Morgan fingerprint density at radius 2 is 1.77 bits per heavy atom. The van der Waals surface area contributed by atoms with Gasteiger partial charge in [0.05, 0.1) is 6.54 Å². The molecule has 3 N–H and O–H groups in total. The van der Waals surface area contributed by atoms with Gasteiger partial charge < -0.3 is 15.6 Å². The van der Waals surface area contributed by atoms with E-state index in [1.807, 2.05) is 35.2 Å². The van der Waals surface area contributed by atoms with E-state index in [4.69, 9.17) is 15.6 Å². The summed E-state index contributed by atoms with van der Waals surface area (Å²) in [5, 5.41) is 9.01. The van der Waals surface area contributed by atoms with Gasteiger partial charge in [-0.05, 0) is 29.8 Å². The van der Waals surface area contributed by atoms with E-state index in [0.717, 1.165) is 11.3 Å². The molecule has 2 aromatic carbocycles. The Morgan fingerprint density at radius 1 is 1.09 bits per heavy atom. The molecule has 0 saturated heterocycles. The number of ether oxygens (including phenoxy) is 1. The molecule has 2 rings (SSSR count). The summed E-state index contributed by atoms with van der Waals surface area (Å²) in [4.78, 5) is 12.8. The number of carboxylic acid groups (broad SMARTS) is 1. The van der Waals surface area contributed by atoms with Crippen molar-refractivity contribution in [3.8, 4) is 5.75 Å².